The second kappa shape index (κ2) is 5.96. The highest BCUT2D eigenvalue weighted by molar-refractivity contribution is 7.90. The second-order valence-electron chi connectivity index (χ2n) is 3.58. The average molecular weight is 291 g/mol. The van der Waals surface area contributed by atoms with Crippen LogP contribution in [0.4, 0.5) is 5.69 Å². The van der Waals surface area contributed by atoms with Crippen molar-refractivity contribution in [2.75, 3.05) is 24.4 Å². The molecule has 0 radical (unpaired) electrons. The molecular formula is C10H13NO5S2. The van der Waals surface area contributed by atoms with Gasteiger partial charge in [0.15, 0.2) is 0 Å². The lowest BCUT2D eigenvalue weighted by atomic mass is 10.3. The third-order valence-electron chi connectivity index (χ3n) is 2.01. The van der Waals surface area contributed by atoms with Crippen LogP contribution in [0.1, 0.15) is 16.1 Å². The van der Waals surface area contributed by atoms with E-state index in [4.69, 9.17) is 0 Å². The summed E-state index contributed by atoms with van der Waals surface area (Å²) in [6.07, 6.45) is 0.917. The first-order valence-corrected chi connectivity index (χ1v) is 7.91. The molecule has 1 aromatic rings. The van der Waals surface area contributed by atoms with Crippen LogP contribution in [-0.2, 0) is 19.4 Å². The molecule has 1 rings (SSSR count). The molecule has 0 bridgehead atoms. The molecule has 1 amide bonds. The zero-order valence-corrected chi connectivity index (χ0v) is 11.6. The number of carbonyl (C=O) groups excluding carboxylic acids is 2. The quantitative estimate of drug-likeness (QED) is 0.814. The Morgan fingerprint density at radius 1 is 1.44 bits per heavy atom. The molecule has 0 unspecified atom stereocenters. The zero-order valence-electron chi connectivity index (χ0n) is 9.93. The van der Waals surface area contributed by atoms with E-state index in [2.05, 4.69) is 10.1 Å². The first kappa shape index (κ1) is 14.7. The van der Waals surface area contributed by atoms with Gasteiger partial charge in [-0.1, -0.05) is 0 Å². The van der Waals surface area contributed by atoms with Crippen molar-refractivity contribution in [3.63, 3.8) is 0 Å². The Morgan fingerprint density at radius 2 is 2.11 bits per heavy atom. The maximum Gasteiger partial charge on any atom is 0.350 e. The van der Waals surface area contributed by atoms with Gasteiger partial charge in [-0.05, 0) is 11.4 Å². The third kappa shape index (κ3) is 4.46. The van der Waals surface area contributed by atoms with Crippen LogP contribution in [0.15, 0.2) is 11.4 Å². The molecule has 0 atom stereocenters. The number of rotatable bonds is 5. The minimum atomic E-state index is -3.18. The van der Waals surface area contributed by atoms with E-state index in [0.717, 1.165) is 17.6 Å². The van der Waals surface area contributed by atoms with Gasteiger partial charge in [0.05, 0.1) is 18.6 Å². The molecule has 0 aliphatic carbocycles. The van der Waals surface area contributed by atoms with Crippen molar-refractivity contribution in [1.29, 1.82) is 0 Å². The number of hydrogen-bond acceptors (Lipinski definition) is 6. The molecule has 8 heteroatoms. The van der Waals surface area contributed by atoms with E-state index in [1.54, 1.807) is 11.4 Å². The average Bonchev–Trinajstić information content (AvgIpc) is 2.72. The van der Waals surface area contributed by atoms with Crippen molar-refractivity contribution in [3.8, 4) is 0 Å². The highest BCUT2D eigenvalue weighted by Gasteiger charge is 2.16. The van der Waals surface area contributed by atoms with Crippen molar-refractivity contribution < 1.29 is 22.7 Å². The van der Waals surface area contributed by atoms with Crippen LogP contribution in [0.3, 0.4) is 0 Å². The molecule has 0 aromatic carbocycles. The highest BCUT2D eigenvalue weighted by Crippen LogP contribution is 2.23. The van der Waals surface area contributed by atoms with E-state index < -0.39 is 21.7 Å². The molecule has 0 spiro atoms. The lowest BCUT2D eigenvalue weighted by molar-refractivity contribution is -0.115. The van der Waals surface area contributed by atoms with Gasteiger partial charge in [-0.2, -0.15) is 0 Å². The van der Waals surface area contributed by atoms with E-state index in [9.17, 15) is 18.0 Å². The predicted molar refractivity (Wildman–Crippen MR) is 68.6 cm³/mol. The van der Waals surface area contributed by atoms with Crippen LogP contribution in [0.25, 0.3) is 0 Å². The van der Waals surface area contributed by atoms with Gasteiger partial charge < -0.3 is 10.1 Å². The smallest absolute Gasteiger partial charge is 0.350 e. The molecular weight excluding hydrogens is 278 g/mol. The fraction of sp³-hybridized carbons (Fsp3) is 0.400. The number of esters is 1. The first-order valence-electron chi connectivity index (χ1n) is 4.97. The van der Waals surface area contributed by atoms with Crippen LogP contribution in [0, 0.1) is 0 Å². The second-order valence-corrected chi connectivity index (χ2v) is 6.76. The van der Waals surface area contributed by atoms with Crippen molar-refractivity contribution in [1.82, 2.24) is 0 Å². The number of thiophene rings is 1. The number of hydrogen-bond donors (Lipinski definition) is 1. The van der Waals surface area contributed by atoms with E-state index in [1.165, 1.54) is 7.11 Å². The highest BCUT2D eigenvalue weighted by atomic mass is 32.2. The summed E-state index contributed by atoms with van der Waals surface area (Å²) in [6, 6.07) is 1.56. The van der Waals surface area contributed by atoms with Gasteiger partial charge >= 0.3 is 5.97 Å². The van der Waals surface area contributed by atoms with Crippen LogP contribution in [0.2, 0.25) is 0 Å². The van der Waals surface area contributed by atoms with Crippen molar-refractivity contribution in [2.24, 2.45) is 0 Å². The summed E-state index contributed by atoms with van der Waals surface area (Å²) in [6.45, 7) is 0. The van der Waals surface area contributed by atoms with Gasteiger partial charge in [0.2, 0.25) is 5.91 Å². The third-order valence-corrected chi connectivity index (χ3v) is 3.85. The van der Waals surface area contributed by atoms with Gasteiger partial charge in [0, 0.05) is 12.7 Å². The molecule has 0 saturated carbocycles. The fourth-order valence-corrected chi connectivity index (χ4v) is 2.47. The maximum atomic E-state index is 11.5. The molecule has 6 nitrogen and oxygen atoms in total. The maximum absolute atomic E-state index is 11.5. The number of nitrogens with one attached hydrogen (secondary N) is 1. The van der Waals surface area contributed by atoms with Crippen LogP contribution >= 0.6 is 11.3 Å². The summed E-state index contributed by atoms with van der Waals surface area (Å²) in [4.78, 5) is 23.1. The summed E-state index contributed by atoms with van der Waals surface area (Å²) >= 11 is 1.14. The Kier molecular flexibility index (Phi) is 4.85. The van der Waals surface area contributed by atoms with Gasteiger partial charge in [-0.15, -0.1) is 11.3 Å². The minimum Gasteiger partial charge on any atom is -0.465 e. The lowest BCUT2D eigenvalue weighted by Crippen LogP contribution is -2.17. The SMILES string of the molecule is COC(=O)c1sccc1NC(=O)CCS(C)(=O)=O. The summed E-state index contributed by atoms with van der Waals surface area (Å²) in [5, 5.41) is 4.12. The van der Waals surface area contributed by atoms with E-state index in [-0.39, 0.29) is 17.1 Å². The molecule has 0 aliphatic rings. The minimum absolute atomic E-state index is 0.144. The Hall–Kier alpha value is -1.41. The monoisotopic (exact) mass is 291 g/mol. The summed E-state index contributed by atoms with van der Waals surface area (Å²) in [5.41, 5.74) is 0.338. The Labute approximate surface area is 109 Å². The van der Waals surface area contributed by atoms with Gasteiger partial charge in [-0.3, -0.25) is 4.79 Å². The number of carbonyl (C=O) groups is 2. The summed E-state index contributed by atoms with van der Waals surface area (Å²) in [7, 11) is -1.93. The number of anilines is 1. The van der Waals surface area contributed by atoms with Crippen LogP contribution < -0.4 is 5.32 Å². The fourth-order valence-electron chi connectivity index (χ4n) is 1.15. The van der Waals surface area contributed by atoms with Crippen molar-refractivity contribution >= 4 is 38.7 Å². The molecule has 18 heavy (non-hydrogen) atoms. The molecule has 1 N–H and O–H groups in total. The van der Waals surface area contributed by atoms with Gasteiger partial charge in [-0.25, -0.2) is 13.2 Å². The Morgan fingerprint density at radius 3 is 2.67 bits per heavy atom. The van der Waals surface area contributed by atoms with Crippen LogP contribution in [-0.4, -0.2) is 39.4 Å². The standard InChI is InChI=1S/C10H13NO5S2/c1-16-10(13)9-7(3-5-17-9)11-8(12)4-6-18(2,14)15/h3,5H,4,6H2,1-2H3,(H,11,12). The summed E-state index contributed by atoms with van der Waals surface area (Å²) < 4.78 is 26.4. The largest absolute Gasteiger partial charge is 0.465 e. The molecule has 0 aliphatic heterocycles. The number of amides is 1. The Bertz CT molecular complexity index is 546. The molecule has 0 fully saturated rings. The summed E-state index contributed by atoms with van der Waals surface area (Å²) in [5.74, 6) is -1.22. The van der Waals surface area contributed by atoms with Gasteiger partial charge in [0.25, 0.3) is 0 Å². The van der Waals surface area contributed by atoms with Crippen molar-refractivity contribution in [2.45, 2.75) is 6.42 Å². The number of ether oxygens (including phenoxy) is 1. The molecule has 0 saturated heterocycles. The zero-order chi connectivity index (χ0) is 13.8. The topological polar surface area (TPSA) is 89.5 Å². The van der Waals surface area contributed by atoms with Crippen LogP contribution in [0.5, 0.6) is 0 Å². The molecule has 100 valence electrons. The molecule has 1 aromatic heterocycles. The molecule has 1 heterocycles. The normalized spacial score (nSPS) is 11.0. The van der Waals surface area contributed by atoms with Crippen molar-refractivity contribution in [3.05, 3.63) is 16.3 Å². The lowest BCUT2D eigenvalue weighted by Gasteiger charge is -2.04. The van der Waals surface area contributed by atoms with E-state index in [0.29, 0.717) is 5.69 Å². The van der Waals surface area contributed by atoms with E-state index >= 15 is 0 Å². The number of methoxy groups -OCH3 is 1. The van der Waals surface area contributed by atoms with E-state index in [1.807, 2.05) is 0 Å². The van der Waals surface area contributed by atoms with Gasteiger partial charge in [0.1, 0.15) is 14.7 Å². The number of sulfone groups is 1. The predicted octanol–water partition coefficient (Wildman–Crippen LogP) is 0.908. The Balaban J connectivity index is 2.65. The first-order chi connectivity index (χ1) is 8.33.